The van der Waals surface area contributed by atoms with Gasteiger partial charge in [-0.05, 0) is 59.0 Å². The van der Waals surface area contributed by atoms with Crippen LogP contribution >= 0.6 is 0 Å². The first-order valence-electron chi connectivity index (χ1n) is 7.00. The molecule has 0 radical (unpaired) electrons. The van der Waals surface area contributed by atoms with Gasteiger partial charge in [0.25, 0.3) is 0 Å². The number of hydrogen-bond donors (Lipinski definition) is 0. The monoisotopic (exact) mass is 225 g/mol. The van der Waals surface area contributed by atoms with Gasteiger partial charge in [-0.25, -0.2) is 0 Å². The summed E-state index contributed by atoms with van der Waals surface area (Å²) >= 11 is 0. The number of unbranched alkanes of at least 4 members (excludes halogenated alkanes) is 1. The summed E-state index contributed by atoms with van der Waals surface area (Å²) in [6.45, 7) is 15.5. The van der Waals surface area contributed by atoms with Crippen molar-refractivity contribution >= 4 is 0 Å². The number of hydrogen-bond acceptors (Lipinski definition) is 1. The Morgan fingerprint density at radius 1 is 1.12 bits per heavy atom. The molecule has 1 nitrogen and oxygen atoms in total. The van der Waals surface area contributed by atoms with Gasteiger partial charge in [0, 0.05) is 6.04 Å². The maximum absolute atomic E-state index is 3.96. The van der Waals surface area contributed by atoms with Gasteiger partial charge >= 0.3 is 0 Å². The van der Waals surface area contributed by atoms with Crippen LogP contribution < -0.4 is 0 Å². The van der Waals surface area contributed by atoms with Crippen LogP contribution in [0.4, 0.5) is 0 Å². The van der Waals surface area contributed by atoms with E-state index in [9.17, 15) is 0 Å². The van der Waals surface area contributed by atoms with Gasteiger partial charge in [0.2, 0.25) is 0 Å². The van der Waals surface area contributed by atoms with Crippen LogP contribution in [-0.4, -0.2) is 24.0 Å². The van der Waals surface area contributed by atoms with E-state index in [1.54, 1.807) is 0 Å². The minimum Gasteiger partial charge on any atom is -0.301 e. The smallest absolute Gasteiger partial charge is 0.00669 e. The molecule has 0 aromatic carbocycles. The summed E-state index contributed by atoms with van der Waals surface area (Å²) < 4.78 is 0. The second-order valence-electron chi connectivity index (χ2n) is 5.09. The Hall–Kier alpha value is -0.300. The fourth-order valence-corrected chi connectivity index (χ4v) is 2.18. The van der Waals surface area contributed by atoms with Gasteiger partial charge in [0.1, 0.15) is 0 Å². The van der Waals surface area contributed by atoms with Crippen LogP contribution in [0.25, 0.3) is 0 Å². The summed E-state index contributed by atoms with van der Waals surface area (Å²) in [6.07, 6.45) is 7.75. The average molecular weight is 225 g/mol. The molecule has 0 saturated heterocycles. The lowest BCUT2D eigenvalue weighted by molar-refractivity contribution is 0.197. The molecule has 0 spiro atoms. The van der Waals surface area contributed by atoms with Crippen molar-refractivity contribution in [1.82, 2.24) is 4.90 Å². The molecule has 0 aliphatic heterocycles. The Labute approximate surface area is 103 Å². The summed E-state index contributed by atoms with van der Waals surface area (Å²) in [5.74, 6) is 0. The van der Waals surface area contributed by atoms with Crippen molar-refractivity contribution in [2.45, 2.75) is 72.3 Å². The largest absolute Gasteiger partial charge is 0.301 e. The van der Waals surface area contributed by atoms with Crippen molar-refractivity contribution in [2.24, 2.45) is 0 Å². The van der Waals surface area contributed by atoms with Crippen molar-refractivity contribution < 1.29 is 0 Å². The molecule has 0 heterocycles. The molecule has 16 heavy (non-hydrogen) atoms. The van der Waals surface area contributed by atoms with E-state index in [1.807, 2.05) is 0 Å². The Kier molecular flexibility index (Phi) is 9.71. The maximum atomic E-state index is 3.96. The van der Waals surface area contributed by atoms with Crippen molar-refractivity contribution in [3.8, 4) is 0 Å². The lowest BCUT2D eigenvalue weighted by atomic mass is 10.1. The first kappa shape index (κ1) is 15.7. The topological polar surface area (TPSA) is 3.24 Å². The predicted molar refractivity (Wildman–Crippen MR) is 74.9 cm³/mol. The van der Waals surface area contributed by atoms with Crippen molar-refractivity contribution in [1.29, 1.82) is 0 Å². The molecular weight excluding hydrogens is 194 g/mol. The minimum absolute atomic E-state index is 0.755. The number of nitrogens with zero attached hydrogens (tertiary/aromatic N) is 1. The summed E-state index contributed by atoms with van der Waals surface area (Å²) in [5, 5.41) is 0. The van der Waals surface area contributed by atoms with Crippen molar-refractivity contribution in [2.75, 3.05) is 13.1 Å². The van der Waals surface area contributed by atoms with E-state index in [4.69, 9.17) is 0 Å². The fourth-order valence-electron chi connectivity index (χ4n) is 2.18. The number of rotatable bonds is 10. The minimum atomic E-state index is 0.755. The standard InChI is InChI=1S/C15H31N/c1-6-12-16(13-7-2)15(5)11-9-8-10-14(3)4/h15H,3,6-13H2,1-2,4-5H3. The Bertz CT molecular complexity index is 168. The lowest BCUT2D eigenvalue weighted by Crippen LogP contribution is -2.34. The highest BCUT2D eigenvalue weighted by atomic mass is 15.1. The van der Waals surface area contributed by atoms with E-state index in [0.29, 0.717) is 0 Å². The molecule has 0 saturated carbocycles. The molecule has 0 amide bonds. The van der Waals surface area contributed by atoms with Crippen LogP contribution in [0, 0.1) is 0 Å². The van der Waals surface area contributed by atoms with Crippen molar-refractivity contribution in [3.63, 3.8) is 0 Å². The molecule has 0 fully saturated rings. The molecule has 0 rings (SSSR count). The molecule has 0 aliphatic rings. The van der Waals surface area contributed by atoms with E-state index >= 15 is 0 Å². The summed E-state index contributed by atoms with van der Waals surface area (Å²) in [6, 6.07) is 0.755. The highest BCUT2D eigenvalue weighted by Gasteiger charge is 2.11. The predicted octanol–water partition coefficient (Wildman–Crippen LogP) is 4.63. The molecule has 0 aromatic heterocycles. The average Bonchev–Trinajstić information content (AvgIpc) is 2.23. The van der Waals surface area contributed by atoms with Crippen LogP contribution in [0.1, 0.15) is 66.2 Å². The van der Waals surface area contributed by atoms with E-state index in [-0.39, 0.29) is 0 Å². The molecule has 1 atom stereocenters. The normalized spacial score (nSPS) is 13.1. The van der Waals surface area contributed by atoms with Gasteiger partial charge < -0.3 is 4.90 Å². The first-order valence-corrected chi connectivity index (χ1v) is 7.00. The molecule has 0 N–H and O–H groups in total. The van der Waals surface area contributed by atoms with Gasteiger partial charge in [-0.1, -0.05) is 25.8 Å². The van der Waals surface area contributed by atoms with Crippen LogP contribution in [0.2, 0.25) is 0 Å². The molecule has 96 valence electrons. The van der Waals surface area contributed by atoms with Crippen LogP contribution in [0.5, 0.6) is 0 Å². The van der Waals surface area contributed by atoms with Crippen molar-refractivity contribution in [3.05, 3.63) is 12.2 Å². The second-order valence-corrected chi connectivity index (χ2v) is 5.09. The summed E-state index contributed by atoms with van der Waals surface area (Å²) in [4.78, 5) is 2.64. The first-order chi connectivity index (χ1) is 7.61. The van der Waals surface area contributed by atoms with E-state index in [0.717, 1.165) is 6.04 Å². The molecule has 0 aromatic rings. The third kappa shape index (κ3) is 7.92. The molecule has 1 heteroatoms. The molecule has 0 bridgehead atoms. The van der Waals surface area contributed by atoms with Crippen LogP contribution in [-0.2, 0) is 0 Å². The summed E-state index contributed by atoms with van der Waals surface area (Å²) in [5.41, 5.74) is 1.33. The zero-order chi connectivity index (χ0) is 12.4. The van der Waals surface area contributed by atoms with E-state index in [1.165, 1.54) is 57.2 Å². The number of allylic oxidation sites excluding steroid dienone is 1. The summed E-state index contributed by atoms with van der Waals surface area (Å²) in [7, 11) is 0. The Morgan fingerprint density at radius 2 is 1.69 bits per heavy atom. The molecule has 1 unspecified atom stereocenters. The molecule has 0 aliphatic carbocycles. The van der Waals surface area contributed by atoms with E-state index in [2.05, 4.69) is 39.2 Å². The molecular formula is C15H31N. The fraction of sp³-hybridized carbons (Fsp3) is 0.867. The van der Waals surface area contributed by atoms with Gasteiger partial charge in [-0.3, -0.25) is 0 Å². The quantitative estimate of drug-likeness (QED) is 0.387. The van der Waals surface area contributed by atoms with Gasteiger partial charge in [0.05, 0.1) is 0 Å². The third-order valence-corrected chi connectivity index (χ3v) is 3.12. The highest BCUT2D eigenvalue weighted by Crippen LogP contribution is 2.12. The zero-order valence-electron chi connectivity index (χ0n) is 11.9. The third-order valence-electron chi connectivity index (χ3n) is 3.12. The lowest BCUT2D eigenvalue weighted by Gasteiger charge is -2.28. The Morgan fingerprint density at radius 3 is 2.12 bits per heavy atom. The maximum Gasteiger partial charge on any atom is 0.00669 e. The zero-order valence-corrected chi connectivity index (χ0v) is 11.9. The second kappa shape index (κ2) is 9.89. The van der Waals surface area contributed by atoms with E-state index < -0.39 is 0 Å². The SMILES string of the molecule is C=C(C)CCCCC(C)N(CCC)CCC. The van der Waals surface area contributed by atoms with Gasteiger partial charge in [-0.15, -0.1) is 6.58 Å². The van der Waals surface area contributed by atoms with Gasteiger partial charge in [0.15, 0.2) is 0 Å². The van der Waals surface area contributed by atoms with Gasteiger partial charge in [-0.2, -0.15) is 0 Å². The van der Waals surface area contributed by atoms with Crippen LogP contribution in [0.15, 0.2) is 12.2 Å². The van der Waals surface area contributed by atoms with Crippen LogP contribution in [0.3, 0.4) is 0 Å². The Balaban J connectivity index is 3.72. The highest BCUT2D eigenvalue weighted by molar-refractivity contribution is 4.87.